The molecule has 3 rings (SSSR count). The van der Waals surface area contributed by atoms with Gasteiger partial charge in [0.25, 0.3) is 0 Å². The summed E-state index contributed by atoms with van der Waals surface area (Å²) >= 11 is 0. The Labute approximate surface area is 118 Å². The van der Waals surface area contributed by atoms with Crippen molar-refractivity contribution < 1.29 is 4.39 Å². The largest absolute Gasteiger partial charge is 0.302 e. The van der Waals surface area contributed by atoms with Crippen molar-refractivity contribution >= 4 is 5.57 Å². The highest BCUT2D eigenvalue weighted by atomic mass is 19.1. The summed E-state index contributed by atoms with van der Waals surface area (Å²) in [6.45, 7) is 1.96. The van der Waals surface area contributed by atoms with Gasteiger partial charge in [-0.2, -0.15) is 4.39 Å². The molecule has 0 saturated carbocycles. The molecule has 2 aromatic rings. The van der Waals surface area contributed by atoms with Gasteiger partial charge in [-0.05, 0) is 36.2 Å². The first-order valence-corrected chi connectivity index (χ1v) is 6.83. The van der Waals surface area contributed by atoms with Crippen LogP contribution in [0, 0.1) is 5.95 Å². The van der Waals surface area contributed by atoms with E-state index < -0.39 is 5.95 Å². The summed E-state index contributed by atoms with van der Waals surface area (Å²) in [5.41, 5.74) is 3.67. The van der Waals surface area contributed by atoms with Gasteiger partial charge >= 0.3 is 0 Å². The van der Waals surface area contributed by atoms with Crippen LogP contribution in [0.4, 0.5) is 4.39 Å². The van der Waals surface area contributed by atoms with E-state index in [1.807, 2.05) is 36.4 Å². The molecule has 1 aromatic heterocycles. The van der Waals surface area contributed by atoms with Crippen LogP contribution in [0.5, 0.6) is 0 Å². The van der Waals surface area contributed by atoms with E-state index in [4.69, 9.17) is 0 Å². The van der Waals surface area contributed by atoms with Crippen LogP contribution in [0.3, 0.4) is 0 Å². The summed E-state index contributed by atoms with van der Waals surface area (Å²) in [5.74, 6) is -0.412. The quantitative estimate of drug-likeness (QED) is 0.774. The minimum Gasteiger partial charge on any atom is -0.302 e. The van der Waals surface area contributed by atoms with Crippen LogP contribution in [-0.2, 0) is 0 Å². The zero-order chi connectivity index (χ0) is 13.9. The van der Waals surface area contributed by atoms with E-state index in [2.05, 4.69) is 23.0 Å². The lowest BCUT2D eigenvalue weighted by Crippen LogP contribution is -2.25. The van der Waals surface area contributed by atoms with Crippen LogP contribution in [0.25, 0.3) is 16.7 Å². The van der Waals surface area contributed by atoms with Crippen LogP contribution in [-0.4, -0.2) is 30.0 Å². The average molecular weight is 268 g/mol. The first-order chi connectivity index (χ1) is 9.74. The molecular formula is C17H17FN2. The Kier molecular flexibility index (Phi) is 3.61. The van der Waals surface area contributed by atoms with Gasteiger partial charge in [0.1, 0.15) is 0 Å². The lowest BCUT2D eigenvalue weighted by atomic mass is 9.99. The average Bonchev–Trinajstić information content (AvgIpc) is 2.48. The molecule has 102 valence electrons. The summed E-state index contributed by atoms with van der Waals surface area (Å²) in [4.78, 5) is 6.19. The molecular weight excluding hydrogens is 251 g/mol. The first kappa shape index (κ1) is 13.0. The summed E-state index contributed by atoms with van der Waals surface area (Å²) in [6.07, 6.45) is 4.89. The molecule has 3 heteroatoms. The van der Waals surface area contributed by atoms with Crippen molar-refractivity contribution in [3.63, 3.8) is 0 Å². The maximum Gasteiger partial charge on any atom is 0.220 e. The molecule has 0 radical (unpaired) electrons. The Balaban J connectivity index is 2.01. The number of likely N-dealkylation sites (N-methyl/N-ethyl adjacent to an activating group) is 1. The highest BCUT2D eigenvalue weighted by Crippen LogP contribution is 2.26. The summed E-state index contributed by atoms with van der Waals surface area (Å²) in [7, 11) is 2.10. The maximum absolute atomic E-state index is 14.0. The zero-order valence-electron chi connectivity index (χ0n) is 11.5. The predicted octanol–water partition coefficient (Wildman–Crippen LogP) is 3.61. The zero-order valence-corrected chi connectivity index (χ0v) is 11.5. The van der Waals surface area contributed by atoms with Gasteiger partial charge in [-0.1, -0.05) is 36.4 Å². The Morgan fingerprint density at radius 2 is 1.95 bits per heavy atom. The van der Waals surface area contributed by atoms with Gasteiger partial charge in [0.15, 0.2) is 0 Å². The Bertz CT molecular complexity index is 635. The van der Waals surface area contributed by atoms with E-state index in [1.165, 1.54) is 5.57 Å². The van der Waals surface area contributed by atoms with Gasteiger partial charge < -0.3 is 4.90 Å². The fourth-order valence-corrected chi connectivity index (χ4v) is 2.55. The second-order valence-electron chi connectivity index (χ2n) is 5.18. The van der Waals surface area contributed by atoms with Crippen LogP contribution < -0.4 is 0 Å². The van der Waals surface area contributed by atoms with Crippen molar-refractivity contribution in [1.29, 1.82) is 0 Å². The second kappa shape index (κ2) is 5.55. The molecule has 0 N–H and O–H groups in total. The molecule has 0 atom stereocenters. The van der Waals surface area contributed by atoms with E-state index in [0.29, 0.717) is 5.56 Å². The number of nitrogens with zero attached hydrogens (tertiary/aromatic N) is 2. The molecule has 20 heavy (non-hydrogen) atoms. The van der Waals surface area contributed by atoms with E-state index in [0.717, 1.165) is 30.6 Å². The van der Waals surface area contributed by atoms with Gasteiger partial charge in [0.2, 0.25) is 5.95 Å². The van der Waals surface area contributed by atoms with Crippen molar-refractivity contribution in [2.45, 2.75) is 6.42 Å². The maximum atomic E-state index is 14.0. The van der Waals surface area contributed by atoms with Crippen LogP contribution >= 0.6 is 0 Å². The van der Waals surface area contributed by atoms with E-state index >= 15 is 0 Å². The molecule has 1 aliphatic heterocycles. The first-order valence-electron chi connectivity index (χ1n) is 6.83. The molecule has 0 aliphatic carbocycles. The third-order valence-electron chi connectivity index (χ3n) is 3.64. The van der Waals surface area contributed by atoms with E-state index in [1.54, 1.807) is 6.20 Å². The van der Waals surface area contributed by atoms with Crippen molar-refractivity contribution in [2.75, 3.05) is 20.1 Å². The number of hydrogen-bond donors (Lipinski definition) is 0. The number of benzene rings is 1. The Hall–Kier alpha value is -2.00. The Morgan fingerprint density at radius 3 is 2.70 bits per heavy atom. The monoisotopic (exact) mass is 268 g/mol. The lowest BCUT2D eigenvalue weighted by Gasteiger charge is -2.23. The molecule has 0 bridgehead atoms. The topological polar surface area (TPSA) is 16.1 Å². The SMILES string of the molecule is CN1CCC=C(c2cnc(F)c(-c3ccccc3)c2)C1. The number of hydrogen-bond acceptors (Lipinski definition) is 2. The van der Waals surface area contributed by atoms with Crippen molar-refractivity contribution in [3.8, 4) is 11.1 Å². The van der Waals surface area contributed by atoms with Crippen LogP contribution in [0.1, 0.15) is 12.0 Å². The molecule has 1 aromatic carbocycles. The molecule has 0 amide bonds. The van der Waals surface area contributed by atoms with Gasteiger partial charge in [0, 0.05) is 24.8 Å². The minimum absolute atomic E-state index is 0.412. The fraction of sp³-hybridized carbons (Fsp3) is 0.235. The number of pyridine rings is 1. The molecule has 2 nitrogen and oxygen atoms in total. The summed E-state index contributed by atoms with van der Waals surface area (Å²) < 4.78 is 14.0. The highest BCUT2D eigenvalue weighted by Gasteiger charge is 2.13. The smallest absolute Gasteiger partial charge is 0.220 e. The van der Waals surface area contributed by atoms with Crippen molar-refractivity contribution in [2.24, 2.45) is 0 Å². The molecule has 0 spiro atoms. The van der Waals surface area contributed by atoms with Gasteiger partial charge in [-0.25, -0.2) is 4.98 Å². The normalized spacial score (nSPS) is 16.0. The van der Waals surface area contributed by atoms with Gasteiger partial charge in [-0.15, -0.1) is 0 Å². The molecule has 2 heterocycles. The predicted molar refractivity (Wildman–Crippen MR) is 79.7 cm³/mol. The third-order valence-corrected chi connectivity index (χ3v) is 3.64. The summed E-state index contributed by atoms with van der Waals surface area (Å²) in [6, 6.07) is 11.5. The second-order valence-corrected chi connectivity index (χ2v) is 5.18. The summed E-state index contributed by atoms with van der Waals surface area (Å²) in [5, 5.41) is 0. The molecule has 0 fully saturated rings. The van der Waals surface area contributed by atoms with E-state index in [9.17, 15) is 4.39 Å². The molecule has 1 aliphatic rings. The highest BCUT2D eigenvalue weighted by molar-refractivity contribution is 5.73. The molecule has 0 unspecified atom stereocenters. The van der Waals surface area contributed by atoms with Gasteiger partial charge in [0.05, 0.1) is 0 Å². The van der Waals surface area contributed by atoms with Crippen molar-refractivity contribution in [1.82, 2.24) is 9.88 Å². The van der Waals surface area contributed by atoms with Crippen LogP contribution in [0.15, 0.2) is 48.7 Å². The lowest BCUT2D eigenvalue weighted by molar-refractivity contribution is 0.373. The number of rotatable bonds is 2. The van der Waals surface area contributed by atoms with Crippen LogP contribution in [0.2, 0.25) is 0 Å². The number of halogens is 1. The minimum atomic E-state index is -0.412. The molecule has 0 saturated heterocycles. The Morgan fingerprint density at radius 1 is 1.15 bits per heavy atom. The van der Waals surface area contributed by atoms with Crippen molar-refractivity contribution in [3.05, 3.63) is 60.2 Å². The fourth-order valence-electron chi connectivity index (χ4n) is 2.55. The standard InChI is InChI=1S/C17H17FN2/c1-20-9-5-8-14(12-20)15-10-16(17(18)19-11-15)13-6-3-2-4-7-13/h2-4,6-8,10-11H,5,9,12H2,1H3. The van der Waals surface area contributed by atoms with Gasteiger partial charge in [-0.3, -0.25) is 0 Å². The van der Waals surface area contributed by atoms with E-state index in [-0.39, 0.29) is 0 Å². The number of aromatic nitrogens is 1. The third kappa shape index (κ3) is 2.63.